The summed E-state index contributed by atoms with van der Waals surface area (Å²) in [6.07, 6.45) is 2.20. The number of carbonyl (C=O) groups excluding carboxylic acids is 4. The molecule has 12 nitrogen and oxygen atoms in total. The molecule has 0 spiro atoms. The molecule has 6 N–H and O–H groups in total. The SMILES string of the molecule is CNC(=O)Nc1ccc(Cc2ccc(NC(=O)Nc3ccc(Cc4ccc(NC(=O)OCCCCOC(=O)Nc5ccc(Cc6ccc(C)cc6)cc5)cc4)cc3)cc2)cc1. The molecule has 6 amide bonds. The van der Waals surface area contributed by atoms with Gasteiger partial charge in [0.05, 0.1) is 13.2 Å². The van der Waals surface area contributed by atoms with Crippen LogP contribution in [0.5, 0.6) is 0 Å². The van der Waals surface area contributed by atoms with Gasteiger partial charge in [0.2, 0.25) is 0 Å². The van der Waals surface area contributed by atoms with E-state index in [2.05, 4.69) is 63.1 Å². The van der Waals surface area contributed by atoms with E-state index in [0.717, 1.165) is 39.9 Å². The number of aryl methyl sites for hydroxylation is 1. The molecule has 312 valence electrons. The summed E-state index contributed by atoms with van der Waals surface area (Å²) in [6.45, 7) is 2.46. The summed E-state index contributed by atoms with van der Waals surface area (Å²) < 4.78 is 10.6. The second kappa shape index (κ2) is 22.0. The Morgan fingerprint density at radius 1 is 0.377 bits per heavy atom. The van der Waals surface area contributed by atoms with E-state index in [0.29, 0.717) is 48.4 Å². The van der Waals surface area contributed by atoms with Crippen LogP contribution >= 0.6 is 0 Å². The summed E-state index contributed by atoms with van der Waals surface area (Å²) in [5.74, 6) is 0. The van der Waals surface area contributed by atoms with E-state index in [1.165, 1.54) is 11.1 Å². The van der Waals surface area contributed by atoms with E-state index in [4.69, 9.17) is 9.47 Å². The second-order valence-corrected chi connectivity index (χ2v) is 14.5. The van der Waals surface area contributed by atoms with Crippen LogP contribution in [0.4, 0.5) is 47.6 Å². The van der Waals surface area contributed by atoms with Crippen molar-refractivity contribution < 1.29 is 28.7 Å². The zero-order valence-corrected chi connectivity index (χ0v) is 34.3. The molecular formula is C49H50N6O6. The average Bonchev–Trinajstić information content (AvgIpc) is 3.26. The number of amides is 6. The van der Waals surface area contributed by atoms with Gasteiger partial charge in [-0.25, -0.2) is 19.2 Å². The van der Waals surface area contributed by atoms with Crippen LogP contribution < -0.4 is 31.9 Å². The van der Waals surface area contributed by atoms with Crippen molar-refractivity contribution in [3.63, 3.8) is 0 Å². The summed E-state index contributed by atoms with van der Waals surface area (Å²) in [6, 6.07) is 46.0. The lowest BCUT2D eigenvalue weighted by molar-refractivity contribution is 0.143. The number of anilines is 5. The molecule has 0 aliphatic carbocycles. The van der Waals surface area contributed by atoms with Crippen molar-refractivity contribution in [3.8, 4) is 0 Å². The first kappa shape index (κ1) is 43.0. The highest BCUT2D eigenvalue weighted by atomic mass is 16.6. The lowest BCUT2D eigenvalue weighted by Crippen LogP contribution is -2.24. The molecule has 0 aromatic heterocycles. The molecule has 0 bridgehead atoms. The number of urea groups is 2. The zero-order valence-electron chi connectivity index (χ0n) is 34.3. The highest BCUT2D eigenvalue weighted by Gasteiger charge is 2.08. The summed E-state index contributed by atoms with van der Waals surface area (Å²) in [4.78, 5) is 48.7. The monoisotopic (exact) mass is 818 g/mol. The number of hydrogen-bond donors (Lipinski definition) is 6. The van der Waals surface area contributed by atoms with Gasteiger partial charge >= 0.3 is 24.2 Å². The third-order valence-corrected chi connectivity index (χ3v) is 9.61. The van der Waals surface area contributed by atoms with Gasteiger partial charge in [-0.05, 0) is 133 Å². The maximum atomic E-state index is 12.7. The quantitative estimate of drug-likeness (QED) is 0.0533. The molecule has 0 unspecified atom stereocenters. The first-order valence-electron chi connectivity index (χ1n) is 20.1. The van der Waals surface area contributed by atoms with Crippen LogP contribution in [0.2, 0.25) is 0 Å². The molecule has 61 heavy (non-hydrogen) atoms. The lowest BCUT2D eigenvalue weighted by atomic mass is 10.0. The summed E-state index contributed by atoms with van der Waals surface area (Å²) in [7, 11) is 1.57. The molecule has 12 heteroatoms. The molecule has 6 aromatic rings. The predicted octanol–water partition coefficient (Wildman–Crippen LogP) is 10.7. The fraction of sp³-hybridized carbons (Fsp3) is 0.184. The topological polar surface area (TPSA) is 159 Å². The van der Waals surface area contributed by atoms with Crippen LogP contribution in [0.25, 0.3) is 0 Å². The molecule has 0 fully saturated rings. The van der Waals surface area contributed by atoms with E-state index < -0.39 is 12.2 Å². The molecule has 0 radical (unpaired) electrons. The van der Waals surface area contributed by atoms with Crippen molar-refractivity contribution in [3.05, 3.63) is 185 Å². The summed E-state index contributed by atoms with van der Waals surface area (Å²) in [5, 5.41) is 16.5. The summed E-state index contributed by atoms with van der Waals surface area (Å²) in [5.41, 5.74) is 11.2. The van der Waals surface area contributed by atoms with Crippen molar-refractivity contribution in [1.29, 1.82) is 0 Å². The van der Waals surface area contributed by atoms with Gasteiger partial charge < -0.3 is 30.7 Å². The van der Waals surface area contributed by atoms with Crippen molar-refractivity contribution in [2.75, 3.05) is 46.8 Å². The van der Waals surface area contributed by atoms with E-state index in [1.807, 2.05) is 121 Å². The minimum Gasteiger partial charge on any atom is -0.449 e. The Hall–Kier alpha value is -7.60. The van der Waals surface area contributed by atoms with Gasteiger partial charge in [-0.2, -0.15) is 0 Å². The number of benzene rings is 6. The first-order valence-corrected chi connectivity index (χ1v) is 20.1. The molecular weight excluding hydrogens is 769 g/mol. The Morgan fingerprint density at radius 2 is 0.639 bits per heavy atom. The Balaban J connectivity index is 0.823. The van der Waals surface area contributed by atoms with Gasteiger partial charge in [0.25, 0.3) is 0 Å². The van der Waals surface area contributed by atoms with Crippen LogP contribution in [0.3, 0.4) is 0 Å². The smallest absolute Gasteiger partial charge is 0.411 e. The molecule has 0 aliphatic rings. The van der Waals surface area contributed by atoms with Gasteiger partial charge in [0, 0.05) is 35.5 Å². The maximum Gasteiger partial charge on any atom is 0.411 e. The molecule has 0 aliphatic heterocycles. The van der Waals surface area contributed by atoms with Crippen LogP contribution in [-0.2, 0) is 28.7 Å². The molecule has 0 atom stereocenters. The van der Waals surface area contributed by atoms with Gasteiger partial charge in [0.1, 0.15) is 0 Å². The highest BCUT2D eigenvalue weighted by molar-refractivity contribution is 5.99. The second-order valence-electron chi connectivity index (χ2n) is 14.5. The number of carbonyl (C=O) groups is 4. The van der Waals surface area contributed by atoms with E-state index in [-0.39, 0.29) is 25.3 Å². The Morgan fingerprint density at radius 3 is 0.934 bits per heavy atom. The summed E-state index contributed by atoms with van der Waals surface area (Å²) >= 11 is 0. The lowest BCUT2D eigenvalue weighted by Gasteiger charge is -2.10. The average molecular weight is 819 g/mol. The van der Waals surface area contributed by atoms with Crippen LogP contribution in [-0.4, -0.2) is 44.5 Å². The van der Waals surface area contributed by atoms with Gasteiger partial charge in [-0.15, -0.1) is 0 Å². The predicted molar refractivity (Wildman–Crippen MR) is 242 cm³/mol. The Bertz CT molecular complexity index is 2350. The van der Waals surface area contributed by atoms with E-state index in [1.54, 1.807) is 7.05 Å². The maximum absolute atomic E-state index is 12.7. The zero-order chi connectivity index (χ0) is 42.8. The fourth-order valence-electron chi connectivity index (χ4n) is 6.27. The number of ether oxygens (including phenoxy) is 2. The number of rotatable bonds is 16. The number of unbranched alkanes of at least 4 members (excludes halogenated alkanes) is 1. The van der Waals surface area contributed by atoms with Gasteiger partial charge in [-0.1, -0.05) is 90.5 Å². The van der Waals surface area contributed by atoms with E-state index >= 15 is 0 Å². The molecule has 6 aromatic carbocycles. The van der Waals surface area contributed by atoms with Gasteiger partial charge in [0.15, 0.2) is 0 Å². The highest BCUT2D eigenvalue weighted by Crippen LogP contribution is 2.20. The van der Waals surface area contributed by atoms with Crippen molar-refractivity contribution in [2.45, 2.75) is 39.0 Å². The first-order chi connectivity index (χ1) is 29.6. The molecule has 6 rings (SSSR count). The number of nitrogens with one attached hydrogen (secondary N) is 6. The van der Waals surface area contributed by atoms with E-state index in [9.17, 15) is 19.2 Å². The normalized spacial score (nSPS) is 10.5. The Kier molecular flexibility index (Phi) is 15.5. The van der Waals surface area contributed by atoms with Crippen molar-refractivity contribution in [2.24, 2.45) is 0 Å². The van der Waals surface area contributed by atoms with Crippen LogP contribution in [0, 0.1) is 6.92 Å². The molecule has 0 heterocycles. The Labute approximate surface area is 356 Å². The van der Waals surface area contributed by atoms with Crippen molar-refractivity contribution in [1.82, 2.24) is 5.32 Å². The van der Waals surface area contributed by atoms with Crippen LogP contribution in [0.15, 0.2) is 146 Å². The minimum absolute atomic E-state index is 0.190. The van der Waals surface area contributed by atoms with Crippen molar-refractivity contribution >= 4 is 52.7 Å². The molecule has 0 saturated heterocycles. The largest absolute Gasteiger partial charge is 0.449 e. The standard InChI is InChI=1S/C49H50N6O6/c1-34-5-7-35(8-6-34)31-39-15-25-44(26-16-39)54-48(58)60-29-3-4-30-61-49(59)55-45-27-17-40(18-28-45)33-38-13-23-43(24-14-38)53-47(57)52-42-21-11-37(12-22-42)32-36-9-19-41(20-10-36)51-46(56)50-2/h5-28H,3-4,29-33H2,1-2H3,(H,54,58)(H,55,59)(H2,50,51,56)(H2,52,53,57). The van der Waals surface area contributed by atoms with Gasteiger partial charge in [-0.3, -0.25) is 10.6 Å². The third kappa shape index (κ3) is 14.6. The fourth-order valence-corrected chi connectivity index (χ4v) is 6.27. The third-order valence-electron chi connectivity index (χ3n) is 9.61. The molecule has 0 saturated carbocycles. The minimum atomic E-state index is -0.557. The number of hydrogen-bond acceptors (Lipinski definition) is 6. The van der Waals surface area contributed by atoms with Crippen LogP contribution in [0.1, 0.15) is 51.8 Å².